The molecule has 0 radical (unpaired) electrons. The Morgan fingerprint density at radius 3 is 2.86 bits per heavy atom. The molecule has 2 aromatic rings. The third-order valence-electron chi connectivity index (χ3n) is 4.12. The summed E-state index contributed by atoms with van der Waals surface area (Å²) >= 11 is 4.37. The van der Waals surface area contributed by atoms with Crippen LogP contribution in [0.2, 0.25) is 0 Å². The van der Waals surface area contributed by atoms with E-state index < -0.39 is 5.79 Å². The SMILES string of the molecule is CC1(C)O[C@@H]2[C@H](O1)[C@@H](CS)O[C@H]2n1ccc2c(N)ncnc21. The maximum Gasteiger partial charge on any atom is 0.164 e. The Labute approximate surface area is 133 Å². The number of hydrogen-bond donors (Lipinski definition) is 2. The number of ether oxygens (including phenoxy) is 3. The van der Waals surface area contributed by atoms with Crippen molar-refractivity contribution < 1.29 is 14.2 Å². The van der Waals surface area contributed by atoms with Gasteiger partial charge in [-0.15, -0.1) is 0 Å². The van der Waals surface area contributed by atoms with Crippen molar-refractivity contribution in [3.05, 3.63) is 18.6 Å². The molecule has 4 rings (SSSR count). The van der Waals surface area contributed by atoms with Gasteiger partial charge in [0, 0.05) is 11.9 Å². The summed E-state index contributed by atoms with van der Waals surface area (Å²) in [5.74, 6) is 0.385. The maximum absolute atomic E-state index is 6.10. The van der Waals surface area contributed by atoms with E-state index in [-0.39, 0.29) is 24.5 Å². The van der Waals surface area contributed by atoms with Gasteiger partial charge < -0.3 is 24.5 Å². The number of aromatic nitrogens is 3. The molecule has 0 spiro atoms. The van der Waals surface area contributed by atoms with E-state index in [0.717, 1.165) is 11.0 Å². The van der Waals surface area contributed by atoms with Crippen LogP contribution in [0.1, 0.15) is 20.1 Å². The fraction of sp³-hybridized carbons (Fsp3) is 0.571. The molecule has 118 valence electrons. The second kappa shape index (κ2) is 4.82. The molecule has 2 fully saturated rings. The molecule has 2 aliphatic rings. The maximum atomic E-state index is 6.10. The Morgan fingerprint density at radius 2 is 2.09 bits per heavy atom. The van der Waals surface area contributed by atoms with Crippen molar-refractivity contribution in [3.63, 3.8) is 0 Å². The van der Waals surface area contributed by atoms with Crippen molar-refractivity contribution in [2.75, 3.05) is 11.5 Å². The summed E-state index contributed by atoms with van der Waals surface area (Å²) in [5.41, 5.74) is 6.62. The highest BCUT2D eigenvalue weighted by Crippen LogP contribution is 2.44. The second-order valence-electron chi connectivity index (χ2n) is 6.03. The van der Waals surface area contributed by atoms with Crippen LogP contribution in [-0.2, 0) is 14.2 Å². The number of nitrogens with zero attached hydrogens (tertiary/aromatic N) is 3. The normalized spacial score (nSPS) is 33.4. The number of nitrogens with two attached hydrogens (primary N) is 1. The lowest BCUT2D eigenvalue weighted by Gasteiger charge is -2.24. The van der Waals surface area contributed by atoms with Gasteiger partial charge in [0.25, 0.3) is 0 Å². The lowest BCUT2D eigenvalue weighted by Crippen LogP contribution is -2.30. The highest BCUT2D eigenvalue weighted by molar-refractivity contribution is 7.80. The van der Waals surface area contributed by atoms with E-state index >= 15 is 0 Å². The Bertz CT molecular complexity index is 719. The molecule has 4 atom stereocenters. The number of fused-ring (bicyclic) bond motifs is 2. The Balaban J connectivity index is 1.77. The zero-order valence-corrected chi connectivity index (χ0v) is 13.2. The van der Waals surface area contributed by atoms with Crippen molar-refractivity contribution in [2.45, 2.75) is 44.2 Å². The minimum absolute atomic E-state index is 0.128. The van der Waals surface area contributed by atoms with E-state index in [1.807, 2.05) is 30.7 Å². The molecule has 8 heteroatoms. The zero-order valence-electron chi connectivity index (χ0n) is 12.3. The van der Waals surface area contributed by atoms with Gasteiger partial charge in [-0.2, -0.15) is 12.6 Å². The molecule has 2 aromatic heterocycles. The van der Waals surface area contributed by atoms with Crippen LogP contribution in [0, 0.1) is 0 Å². The molecule has 2 aliphatic heterocycles. The molecule has 0 amide bonds. The monoisotopic (exact) mass is 322 g/mol. The van der Waals surface area contributed by atoms with E-state index in [2.05, 4.69) is 22.6 Å². The smallest absolute Gasteiger partial charge is 0.164 e. The Morgan fingerprint density at radius 1 is 1.32 bits per heavy atom. The fourth-order valence-electron chi connectivity index (χ4n) is 3.23. The molecule has 0 bridgehead atoms. The highest BCUT2D eigenvalue weighted by Gasteiger charge is 2.55. The molecule has 0 saturated carbocycles. The van der Waals surface area contributed by atoms with Gasteiger partial charge in [0.05, 0.1) is 11.5 Å². The summed E-state index contributed by atoms with van der Waals surface area (Å²) < 4.78 is 20.0. The van der Waals surface area contributed by atoms with Gasteiger partial charge >= 0.3 is 0 Å². The third kappa shape index (κ3) is 2.02. The van der Waals surface area contributed by atoms with Crippen LogP contribution in [0.5, 0.6) is 0 Å². The molecule has 7 nitrogen and oxygen atoms in total. The van der Waals surface area contributed by atoms with Crippen LogP contribution < -0.4 is 5.73 Å². The molecule has 2 saturated heterocycles. The first kappa shape index (κ1) is 14.3. The standard InChI is InChI=1S/C14H18N4O3S/c1-14(2)20-9-8(5-22)19-13(10(9)21-14)18-4-3-7-11(15)16-6-17-12(7)18/h3-4,6,8-10,13,22H,5H2,1-2H3,(H2,15,16,17)/t8-,9-,10-,13-/m1/s1. The molecular formula is C14H18N4O3S. The van der Waals surface area contributed by atoms with Crippen molar-refractivity contribution in [1.82, 2.24) is 14.5 Å². The summed E-state index contributed by atoms with van der Waals surface area (Å²) in [7, 11) is 0. The van der Waals surface area contributed by atoms with Crippen molar-refractivity contribution in [2.24, 2.45) is 0 Å². The first-order valence-electron chi connectivity index (χ1n) is 7.19. The zero-order chi connectivity index (χ0) is 15.5. The van der Waals surface area contributed by atoms with Crippen molar-refractivity contribution >= 4 is 29.5 Å². The predicted octanol–water partition coefficient (Wildman–Crippen LogP) is 1.36. The molecule has 2 N–H and O–H groups in total. The molecule has 0 unspecified atom stereocenters. The average Bonchev–Trinajstić information content (AvgIpc) is 3.10. The third-order valence-corrected chi connectivity index (χ3v) is 4.48. The molecule has 0 aliphatic carbocycles. The van der Waals surface area contributed by atoms with Crippen molar-refractivity contribution in [3.8, 4) is 0 Å². The van der Waals surface area contributed by atoms with E-state index in [9.17, 15) is 0 Å². The lowest BCUT2D eigenvalue weighted by atomic mass is 10.1. The number of thiol groups is 1. The summed E-state index contributed by atoms with van der Waals surface area (Å²) in [4.78, 5) is 8.34. The predicted molar refractivity (Wildman–Crippen MR) is 83.5 cm³/mol. The first-order chi connectivity index (χ1) is 10.5. The second-order valence-corrected chi connectivity index (χ2v) is 6.40. The largest absolute Gasteiger partial charge is 0.383 e. The van der Waals surface area contributed by atoms with Crippen LogP contribution in [0.15, 0.2) is 18.6 Å². The fourth-order valence-corrected chi connectivity index (χ4v) is 3.52. The van der Waals surface area contributed by atoms with Gasteiger partial charge in [0.2, 0.25) is 0 Å². The van der Waals surface area contributed by atoms with Gasteiger partial charge in [-0.05, 0) is 19.9 Å². The number of hydrogen-bond acceptors (Lipinski definition) is 7. The lowest BCUT2D eigenvalue weighted by molar-refractivity contribution is -0.193. The Hall–Kier alpha value is -1.35. The number of nitrogen functional groups attached to an aromatic ring is 1. The number of rotatable bonds is 2. The van der Waals surface area contributed by atoms with Crippen LogP contribution in [0.3, 0.4) is 0 Å². The number of anilines is 1. The van der Waals surface area contributed by atoms with Crippen LogP contribution >= 0.6 is 12.6 Å². The van der Waals surface area contributed by atoms with Crippen LogP contribution in [0.4, 0.5) is 5.82 Å². The summed E-state index contributed by atoms with van der Waals surface area (Å²) in [6, 6.07) is 1.89. The van der Waals surface area contributed by atoms with Gasteiger partial charge in [0.15, 0.2) is 12.0 Å². The Kier molecular flexibility index (Phi) is 3.12. The van der Waals surface area contributed by atoms with Gasteiger partial charge in [-0.3, -0.25) is 0 Å². The molecule has 4 heterocycles. The highest BCUT2D eigenvalue weighted by atomic mass is 32.1. The summed E-state index contributed by atoms with van der Waals surface area (Å²) in [6.45, 7) is 3.82. The van der Waals surface area contributed by atoms with Crippen LogP contribution in [-0.4, -0.2) is 44.4 Å². The summed E-state index contributed by atoms with van der Waals surface area (Å²) in [6.07, 6.45) is 2.54. The average molecular weight is 322 g/mol. The summed E-state index contributed by atoms with van der Waals surface area (Å²) in [5, 5.41) is 0.801. The van der Waals surface area contributed by atoms with E-state index in [0.29, 0.717) is 11.6 Å². The minimum Gasteiger partial charge on any atom is -0.383 e. The molecule has 22 heavy (non-hydrogen) atoms. The first-order valence-corrected chi connectivity index (χ1v) is 7.82. The van der Waals surface area contributed by atoms with Gasteiger partial charge in [0.1, 0.15) is 30.0 Å². The van der Waals surface area contributed by atoms with Crippen LogP contribution in [0.25, 0.3) is 11.0 Å². The topological polar surface area (TPSA) is 84.4 Å². The van der Waals surface area contributed by atoms with Gasteiger partial charge in [-0.1, -0.05) is 0 Å². The molecule has 0 aromatic carbocycles. The van der Waals surface area contributed by atoms with Crippen molar-refractivity contribution in [1.29, 1.82) is 0 Å². The van der Waals surface area contributed by atoms with E-state index in [4.69, 9.17) is 19.9 Å². The quantitative estimate of drug-likeness (QED) is 0.812. The van der Waals surface area contributed by atoms with Gasteiger partial charge in [-0.25, -0.2) is 9.97 Å². The minimum atomic E-state index is -0.629. The molecular weight excluding hydrogens is 304 g/mol. The van der Waals surface area contributed by atoms with E-state index in [1.54, 1.807) is 0 Å². The van der Waals surface area contributed by atoms with E-state index in [1.165, 1.54) is 6.33 Å².